The van der Waals surface area contributed by atoms with Crippen molar-refractivity contribution >= 4 is 52.8 Å². The van der Waals surface area contributed by atoms with Gasteiger partial charge in [0.1, 0.15) is 6.04 Å². The number of halogens is 4. The van der Waals surface area contributed by atoms with E-state index in [4.69, 9.17) is 21.1 Å². The van der Waals surface area contributed by atoms with E-state index in [1.54, 1.807) is 12.1 Å². The fourth-order valence-corrected chi connectivity index (χ4v) is 6.10. The quantitative estimate of drug-likeness (QED) is 0.101. The molecular weight excluding hydrogens is 723 g/mol. The number of anilines is 3. The van der Waals surface area contributed by atoms with Gasteiger partial charge in [0.05, 0.1) is 18.8 Å². The van der Waals surface area contributed by atoms with E-state index < -0.39 is 60.0 Å². The molecule has 3 atom stereocenters. The molecule has 2 aromatic carbocycles. The van der Waals surface area contributed by atoms with Crippen molar-refractivity contribution in [3.05, 3.63) is 64.7 Å². The van der Waals surface area contributed by atoms with Crippen LogP contribution >= 0.6 is 11.6 Å². The second kappa shape index (κ2) is 17.2. The number of amides is 2. The smallest absolute Gasteiger partial charge is 0.422 e. The number of esters is 1. The first-order valence-electron chi connectivity index (χ1n) is 17.0. The number of rotatable bonds is 16. The van der Waals surface area contributed by atoms with Crippen LogP contribution in [-0.4, -0.2) is 82.2 Å². The van der Waals surface area contributed by atoms with E-state index in [0.29, 0.717) is 36.4 Å². The van der Waals surface area contributed by atoms with Crippen LogP contribution in [0.1, 0.15) is 67.3 Å². The van der Waals surface area contributed by atoms with Crippen molar-refractivity contribution in [3.63, 3.8) is 0 Å². The summed E-state index contributed by atoms with van der Waals surface area (Å²) in [6.45, 7) is -1.72. The van der Waals surface area contributed by atoms with E-state index in [9.17, 15) is 37.5 Å². The topological polar surface area (TPSA) is 194 Å². The van der Waals surface area contributed by atoms with Gasteiger partial charge in [0, 0.05) is 29.2 Å². The van der Waals surface area contributed by atoms with Crippen molar-refractivity contribution < 1.29 is 46.9 Å². The van der Waals surface area contributed by atoms with Crippen LogP contribution in [0.3, 0.4) is 0 Å². The highest BCUT2D eigenvalue weighted by Gasteiger charge is 2.45. The maximum atomic E-state index is 13.1. The van der Waals surface area contributed by atoms with Gasteiger partial charge in [-0.25, -0.2) is 4.79 Å². The van der Waals surface area contributed by atoms with Crippen molar-refractivity contribution in [1.29, 1.82) is 0 Å². The molecule has 2 aliphatic carbocycles. The van der Waals surface area contributed by atoms with E-state index in [-0.39, 0.29) is 42.8 Å². The highest BCUT2D eigenvalue weighted by molar-refractivity contribution is 6.36. The zero-order valence-electron chi connectivity index (χ0n) is 28.7. The van der Waals surface area contributed by atoms with Crippen molar-refractivity contribution in [1.82, 2.24) is 25.6 Å². The molecule has 2 unspecified atom stereocenters. The molecule has 0 aliphatic heterocycles. The zero-order chi connectivity index (χ0) is 38.2. The van der Waals surface area contributed by atoms with Gasteiger partial charge in [-0.05, 0) is 86.4 Å². The highest BCUT2D eigenvalue weighted by atomic mass is 35.5. The Balaban J connectivity index is 1.20. The van der Waals surface area contributed by atoms with Crippen LogP contribution in [0.4, 0.5) is 30.8 Å². The third-order valence-corrected chi connectivity index (χ3v) is 9.12. The van der Waals surface area contributed by atoms with Crippen LogP contribution in [0.15, 0.2) is 48.5 Å². The maximum Gasteiger partial charge on any atom is 0.422 e. The lowest BCUT2D eigenvalue weighted by atomic mass is 9.84. The average molecular weight is 762 g/mol. The van der Waals surface area contributed by atoms with Gasteiger partial charge in [0.2, 0.25) is 17.7 Å². The van der Waals surface area contributed by atoms with Crippen LogP contribution in [0.2, 0.25) is 5.02 Å². The van der Waals surface area contributed by atoms with E-state index >= 15 is 0 Å². The molecule has 2 fully saturated rings. The van der Waals surface area contributed by atoms with Gasteiger partial charge >= 0.3 is 18.2 Å². The molecule has 0 saturated heterocycles. The number of hydrogen-bond donors (Lipinski definition) is 5. The summed E-state index contributed by atoms with van der Waals surface area (Å²) in [7, 11) is 1.15. The number of aliphatic hydroxyl groups is 1. The van der Waals surface area contributed by atoms with Crippen LogP contribution in [-0.2, 0) is 24.7 Å². The van der Waals surface area contributed by atoms with Gasteiger partial charge in [0.25, 0.3) is 11.8 Å². The number of Topliss-reactive ketones (excluding diaryl/α,β-unsaturated/α-hetero) is 1. The number of aromatic nitrogens is 3. The molecule has 2 aliphatic rings. The molecule has 1 heterocycles. The molecule has 3 aromatic rings. The molecule has 14 nitrogen and oxygen atoms in total. The minimum Gasteiger partial charge on any atom is -0.467 e. The van der Waals surface area contributed by atoms with Gasteiger partial charge in [-0.15, -0.1) is 0 Å². The van der Waals surface area contributed by atoms with Crippen LogP contribution < -0.4 is 26.0 Å². The first-order chi connectivity index (χ1) is 25.2. The van der Waals surface area contributed by atoms with Crippen LogP contribution in [0.25, 0.3) is 0 Å². The number of aliphatic hydroxyl groups excluding tert-OH is 1. The predicted molar refractivity (Wildman–Crippen MR) is 186 cm³/mol. The van der Waals surface area contributed by atoms with Gasteiger partial charge < -0.3 is 35.8 Å². The number of benzene rings is 2. The predicted octanol–water partition coefficient (Wildman–Crippen LogP) is 4.60. The van der Waals surface area contributed by atoms with Gasteiger partial charge in [0.15, 0.2) is 6.61 Å². The molecule has 0 bridgehead atoms. The second-order valence-corrected chi connectivity index (χ2v) is 13.4. The maximum absolute atomic E-state index is 13.1. The van der Waals surface area contributed by atoms with Crippen molar-refractivity contribution in [2.24, 2.45) is 5.92 Å². The molecular formula is C35H39ClF3N7O7. The number of alkyl halides is 3. The minimum absolute atomic E-state index is 0.0221. The average Bonchev–Trinajstić information content (AvgIpc) is 3.90. The van der Waals surface area contributed by atoms with Crippen molar-refractivity contribution in [3.8, 4) is 6.01 Å². The van der Waals surface area contributed by atoms with E-state index in [1.807, 2.05) is 12.1 Å². The Kier molecular flexibility index (Phi) is 12.7. The number of hydrogen-bond acceptors (Lipinski definition) is 12. The highest BCUT2D eigenvalue weighted by Crippen LogP contribution is 2.48. The van der Waals surface area contributed by atoms with E-state index in [0.717, 1.165) is 25.5 Å². The SMILES string of the molecule is COC(=O)[C@H](CCNC(=O)C(=O)CC1CCCC(O)C1)NC(=O)c1ccc(Nc2nc(NC3(c4ccc(Cl)cc4)CC3)nc(OCC(F)(F)F)n2)cc1. The van der Waals surface area contributed by atoms with Crippen LogP contribution in [0.5, 0.6) is 6.01 Å². The monoisotopic (exact) mass is 761 g/mol. The lowest BCUT2D eigenvalue weighted by Gasteiger charge is -2.25. The third-order valence-electron chi connectivity index (χ3n) is 8.87. The van der Waals surface area contributed by atoms with Crippen molar-refractivity contribution in [2.75, 3.05) is 30.9 Å². The van der Waals surface area contributed by atoms with E-state index in [1.165, 1.54) is 24.3 Å². The van der Waals surface area contributed by atoms with Crippen LogP contribution in [0, 0.1) is 5.92 Å². The molecule has 284 valence electrons. The summed E-state index contributed by atoms with van der Waals surface area (Å²) in [5, 5.41) is 21.5. The number of carbonyl (C=O) groups is 4. The summed E-state index contributed by atoms with van der Waals surface area (Å²) < 4.78 is 48.5. The molecule has 5 rings (SSSR count). The minimum atomic E-state index is -4.63. The number of ketones is 1. The lowest BCUT2D eigenvalue weighted by molar-refractivity contribution is -0.154. The summed E-state index contributed by atoms with van der Waals surface area (Å²) >= 11 is 6.03. The Labute approximate surface area is 307 Å². The Morgan fingerprint density at radius 2 is 1.70 bits per heavy atom. The number of nitrogens with zero attached hydrogens (tertiary/aromatic N) is 3. The molecule has 18 heteroatoms. The summed E-state index contributed by atoms with van der Waals surface area (Å²) in [5.41, 5.74) is 0.845. The Hall–Kier alpha value is -5.03. The number of ether oxygens (including phenoxy) is 2. The summed E-state index contributed by atoms with van der Waals surface area (Å²) in [4.78, 5) is 62.6. The summed E-state index contributed by atoms with van der Waals surface area (Å²) in [5.74, 6) is -3.06. The number of carbonyl (C=O) groups excluding carboxylic acids is 4. The number of nitrogens with one attached hydrogen (secondary N) is 4. The fourth-order valence-electron chi connectivity index (χ4n) is 5.97. The molecule has 5 N–H and O–H groups in total. The molecule has 2 saturated carbocycles. The molecule has 2 amide bonds. The number of methoxy groups -OCH3 is 1. The van der Waals surface area contributed by atoms with E-state index in [2.05, 4.69) is 36.2 Å². The fraction of sp³-hybridized carbons (Fsp3) is 0.457. The summed E-state index contributed by atoms with van der Waals surface area (Å²) in [6, 6.07) is 11.2. The van der Waals surface area contributed by atoms with Crippen molar-refractivity contribution in [2.45, 2.75) is 75.2 Å². The second-order valence-electron chi connectivity index (χ2n) is 13.0. The lowest BCUT2D eigenvalue weighted by Crippen LogP contribution is -2.44. The normalized spacial score (nSPS) is 18.2. The molecule has 1 aromatic heterocycles. The first kappa shape index (κ1) is 39.2. The Morgan fingerprint density at radius 1 is 1.00 bits per heavy atom. The molecule has 0 spiro atoms. The van der Waals surface area contributed by atoms with Gasteiger partial charge in [-0.1, -0.05) is 30.2 Å². The standard InChI is InChI=1S/C35H39ClF3N7O7/c1-52-30(51)26(13-16-40-29(50)27(48)18-20-3-2-4-25(47)17-20)42-28(49)21-5-11-24(12-6-21)41-31-43-32(45-33(44-31)53-19-35(37,38)39)46-34(14-15-34)22-7-9-23(36)10-8-22/h5-12,20,25-26,47H,2-4,13-19H2,1H3,(H,40,50)(H,42,49)(H2,41,43,44,45,46)/t20?,25?,26-/m0/s1. The molecule has 0 radical (unpaired) electrons. The zero-order valence-corrected chi connectivity index (χ0v) is 29.4. The molecule has 53 heavy (non-hydrogen) atoms. The Morgan fingerprint density at radius 3 is 2.34 bits per heavy atom. The van der Waals surface area contributed by atoms with Gasteiger partial charge in [-0.2, -0.15) is 28.1 Å². The summed E-state index contributed by atoms with van der Waals surface area (Å²) in [6.07, 6.45) is -1.03. The third kappa shape index (κ3) is 11.5. The largest absolute Gasteiger partial charge is 0.467 e. The first-order valence-corrected chi connectivity index (χ1v) is 17.3. The van der Waals surface area contributed by atoms with Gasteiger partial charge in [-0.3, -0.25) is 14.4 Å². The Bertz CT molecular complexity index is 1780.